The zero-order chi connectivity index (χ0) is 45.1. The molecule has 10 N–H and O–H groups in total. The molecule has 0 saturated heterocycles. The summed E-state index contributed by atoms with van der Waals surface area (Å²) in [5.74, 6) is -5.23. The number of carboxylic acid groups (broad SMARTS) is 3. The van der Waals surface area contributed by atoms with Crippen molar-refractivity contribution in [3.05, 3.63) is 97.1 Å². The Morgan fingerprint density at radius 3 is 1.40 bits per heavy atom. The molecule has 324 valence electrons. The van der Waals surface area contributed by atoms with Gasteiger partial charge in [-0.3, -0.25) is 18.7 Å². The number of hydrogen-bond donors (Lipinski definition) is 10. The van der Waals surface area contributed by atoms with Crippen LogP contribution in [0.4, 0.5) is 40.6 Å². The Hall–Kier alpha value is -8.32. The van der Waals surface area contributed by atoms with Crippen LogP contribution in [0.1, 0.15) is 42.2 Å². The largest absolute Gasteiger partial charge is 0.493 e. The number of aliphatic hydroxyl groups is 2. The first-order valence-corrected chi connectivity index (χ1v) is 18.1. The number of nitrogens with one attached hydrogen (secondary N) is 3. The molecule has 0 aliphatic carbocycles. The maximum atomic E-state index is 12.9. The molecule has 3 heterocycles. The maximum Gasteiger partial charge on any atom is 0.335 e. The number of hydrogen-bond acceptors (Lipinski definition) is 20. The number of azo groups is 2. The van der Waals surface area contributed by atoms with Crippen molar-refractivity contribution in [1.82, 2.24) is 24.1 Å². The van der Waals surface area contributed by atoms with E-state index in [0.29, 0.717) is 0 Å². The highest BCUT2D eigenvalue weighted by molar-refractivity contribution is 5.95. The molecule has 0 fully saturated rings. The summed E-state index contributed by atoms with van der Waals surface area (Å²) in [5, 5.41) is 93.2. The number of aromatic hydroxyl groups is 2. The van der Waals surface area contributed by atoms with Gasteiger partial charge in [-0.2, -0.15) is 25.2 Å². The lowest BCUT2D eigenvalue weighted by Gasteiger charge is -2.14. The normalized spacial score (nSPS) is 11.2. The van der Waals surface area contributed by atoms with E-state index in [0.717, 1.165) is 27.3 Å². The zero-order valence-corrected chi connectivity index (χ0v) is 32.7. The quantitative estimate of drug-likeness (QED) is 0.0397. The molecule has 5 aromatic rings. The van der Waals surface area contributed by atoms with E-state index < -0.39 is 47.6 Å². The number of carboxylic acids is 3. The summed E-state index contributed by atoms with van der Waals surface area (Å²) < 4.78 is 6.94. The number of pyridine rings is 2. The summed E-state index contributed by atoms with van der Waals surface area (Å²) in [6.45, 7) is 1.65. The Labute approximate surface area is 348 Å². The third-order valence-electron chi connectivity index (χ3n) is 8.47. The van der Waals surface area contributed by atoms with Gasteiger partial charge in [0.2, 0.25) is 29.6 Å². The van der Waals surface area contributed by atoms with Crippen LogP contribution in [0.2, 0.25) is 0 Å². The van der Waals surface area contributed by atoms with Gasteiger partial charge in [-0.15, -0.1) is 10.2 Å². The Morgan fingerprint density at radius 1 is 0.597 bits per heavy atom. The van der Waals surface area contributed by atoms with Crippen molar-refractivity contribution in [3.63, 3.8) is 0 Å². The van der Waals surface area contributed by atoms with Crippen molar-refractivity contribution < 1.29 is 54.9 Å². The van der Waals surface area contributed by atoms with Gasteiger partial charge in [0, 0.05) is 50.9 Å². The third kappa shape index (κ3) is 11.2. The highest BCUT2D eigenvalue weighted by atomic mass is 16.6. The predicted octanol–water partition coefficient (Wildman–Crippen LogP) is 3.11. The maximum absolute atomic E-state index is 12.9. The molecule has 0 unspecified atom stereocenters. The lowest BCUT2D eigenvalue weighted by Crippen LogP contribution is -2.25. The second-order valence-corrected chi connectivity index (χ2v) is 12.9. The first-order chi connectivity index (χ1) is 29.6. The van der Waals surface area contributed by atoms with Crippen LogP contribution in [0.5, 0.6) is 17.5 Å². The number of aromatic nitrogens is 5. The smallest absolute Gasteiger partial charge is 0.335 e. The molecule has 25 heteroatoms. The summed E-state index contributed by atoms with van der Waals surface area (Å²) in [6.07, 6.45) is 0. The van der Waals surface area contributed by atoms with Crippen LogP contribution < -0.4 is 31.8 Å². The molecule has 5 rings (SSSR count). The fourth-order valence-corrected chi connectivity index (χ4v) is 5.55. The summed E-state index contributed by atoms with van der Waals surface area (Å²) in [5.41, 5.74) is -1.98. The van der Waals surface area contributed by atoms with Crippen molar-refractivity contribution in [2.45, 2.75) is 26.9 Å². The molecule has 25 nitrogen and oxygen atoms in total. The molecule has 0 aliphatic rings. The molecular formula is C37H38N12O13. The van der Waals surface area contributed by atoms with Crippen LogP contribution >= 0.6 is 0 Å². The van der Waals surface area contributed by atoms with E-state index in [1.807, 2.05) is 0 Å². The van der Waals surface area contributed by atoms with Gasteiger partial charge in [0.25, 0.3) is 11.1 Å². The number of ether oxygens (including phenoxy) is 1. The number of aryl methyl sites for hydroxylation is 2. The fraction of sp³-hybridized carbons (Fsp3) is 0.243. The van der Waals surface area contributed by atoms with E-state index in [-0.39, 0.29) is 113 Å². The number of benzene rings is 2. The Kier molecular flexibility index (Phi) is 14.5. The molecule has 0 saturated carbocycles. The molecule has 0 bridgehead atoms. The first-order valence-electron chi connectivity index (χ1n) is 18.1. The monoisotopic (exact) mass is 858 g/mol. The number of aromatic carboxylic acids is 3. The van der Waals surface area contributed by atoms with Gasteiger partial charge < -0.3 is 56.4 Å². The summed E-state index contributed by atoms with van der Waals surface area (Å²) in [4.78, 5) is 73.1. The second-order valence-electron chi connectivity index (χ2n) is 12.9. The minimum atomic E-state index is -1.39. The Morgan fingerprint density at radius 2 is 1.00 bits per heavy atom. The summed E-state index contributed by atoms with van der Waals surface area (Å²) in [7, 11) is 0. The van der Waals surface area contributed by atoms with Crippen molar-refractivity contribution in [3.8, 4) is 17.5 Å². The van der Waals surface area contributed by atoms with Gasteiger partial charge in [-0.1, -0.05) is 0 Å². The number of rotatable bonds is 20. The minimum Gasteiger partial charge on any atom is -0.493 e. The van der Waals surface area contributed by atoms with Gasteiger partial charge in [0.15, 0.2) is 6.79 Å². The van der Waals surface area contributed by atoms with Crippen molar-refractivity contribution >= 4 is 58.5 Å². The van der Waals surface area contributed by atoms with Crippen LogP contribution in [0, 0.1) is 13.8 Å². The Balaban J connectivity index is 1.31. The van der Waals surface area contributed by atoms with Crippen LogP contribution in [0.3, 0.4) is 0 Å². The summed E-state index contributed by atoms with van der Waals surface area (Å²) in [6, 6.07) is 9.20. The van der Waals surface area contributed by atoms with E-state index in [2.05, 4.69) is 51.4 Å². The van der Waals surface area contributed by atoms with Crippen LogP contribution in [0.15, 0.2) is 78.6 Å². The number of nitrogens with zero attached hydrogens (tertiary/aromatic N) is 9. The second kappa shape index (κ2) is 20.1. The van der Waals surface area contributed by atoms with Gasteiger partial charge in [0.05, 0.1) is 34.7 Å². The Bertz CT molecular complexity index is 2670. The average Bonchev–Trinajstić information content (AvgIpc) is 3.22. The molecular weight excluding hydrogens is 820 g/mol. The van der Waals surface area contributed by atoms with Crippen molar-refractivity contribution in [2.75, 3.05) is 49.0 Å². The molecule has 0 spiro atoms. The molecule has 62 heavy (non-hydrogen) atoms. The van der Waals surface area contributed by atoms with E-state index in [1.54, 1.807) is 0 Å². The van der Waals surface area contributed by atoms with Crippen LogP contribution in [-0.2, 0) is 13.1 Å². The highest BCUT2D eigenvalue weighted by Crippen LogP contribution is 2.33. The molecule has 0 amide bonds. The SMILES string of the molecule is Cc1cc(=O)n(CCNc2nc(NCCO)nc(NCCn3c(O)c(N=Nc4cc(C(=O)O)cc(C(=O)O)c4)c(C)cc3=O)n2)c(O)c1N=Nc1cc(OCO)cc(C(=O)O)c1. The molecule has 3 aromatic heterocycles. The van der Waals surface area contributed by atoms with E-state index in [4.69, 9.17) is 9.84 Å². The topological polar surface area (TPSA) is 370 Å². The summed E-state index contributed by atoms with van der Waals surface area (Å²) >= 11 is 0. The molecule has 2 aromatic carbocycles. The lowest BCUT2D eigenvalue weighted by atomic mass is 10.1. The third-order valence-corrected chi connectivity index (χ3v) is 8.47. The number of aliphatic hydroxyl groups excluding tert-OH is 2. The van der Waals surface area contributed by atoms with Crippen molar-refractivity contribution in [1.29, 1.82) is 0 Å². The molecule has 0 radical (unpaired) electrons. The van der Waals surface area contributed by atoms with Crippen LogP contribution in [-0.4, -0.2) is 111 Å². The average molecular weight is 859 g/mol. The molecule has 0 aliphatic heterocycles. The van der Waals surface area contributed by atoms with E-state index >= 15 is 0 Å². The van der Waals surface area contributed by atoms with E-state index in [9.17, 15) is 54.6 Å². The lowest BCUT2D eigenvalue weighted by molar-refractivity contribution is 0.0681. The number of anilines is 3. The zero-order valence-electron chi connectivity index (χ0n) is 32.7. The van der Waals surface area contributed by atoms with Gasteiger partial charge >= 0.3 is 17.9 Å². The van der Waals surface area contributed by atoms with E-state index in [1.165, 1.54) is 44.2 Å². The van der Waals surface area contributed by atoms with Gasteiger partial charge in [0.1, 0.15) is 17.1 Å². The van der Waals surface area contributed by atoms with Crippen molar-refractivity contribution in [2.24, 2.45) is 20.5 Å². The van der Waals surface area contributed by atoms with Crippen LogP contribution in [0.25, 0.3) is 0 Å². The first kappa shape index (κ1) is 44.8. The van der Waals surface area contributed by atoms with Gasteiger partial charge in [-0.25, -0.2) is 14.4 Å². The predicted molar refractivity (Wildman–Crippen MR) is 216 cm³/mol. The fourth-order valence-electron chi connectivity index (χ4n) is 5.55. The molecule has 0 atom stereocenters. The standard InChI is InChI=1S/C37H38N12O13/c1-18-9-26(52)48(30(54)28(18)46-44-23-12-20(32(56)57)11-21(13-23)33(58)59)6-3-38-35-41-36(43-37(42-35)40-5-8-50)39-4-7-49-27(53)10-19(2)29(31(49)55)47-45-24-14-22(34(60)61)15-25(16-24)62-17-51/h9-16,50-51,54-55H,3-8,17H2,1-2H3,(H,56,57)(H,58,59)(H,60,61)(H3,38,39,40,41,42,43). The number of carbonyl (C=O) groups is 3. The highest BCUT2D eigenvalue weighted by Gasteiger charge is 2.17. The minimum absolute atomic E-state index is 0.00466. The van der Waals surface area contributed by atoms with Gasteiger partial charge in [-0.05, 0) is 55.3 Å².